The van der Waals surface area contributed by atoms with Crippen LogP contribution < -0.4 is 5.32 Å². The van der Waals surface area contributed by atoms with Crippen LogP contribution in [0.25, 0.3) is 10.9 Å². The van der Waals surface area contributed by atoms with Crippen molar-refractivity contribution in [1.29, 1.82) is 0 Å². The number of hydrogen-bond donors (Lipinski definition) is 1. The van der Waals surface area contributed by atoms with Crippen LogP contribution in [0.2, 0.25) is 10.0 Å². The third-order valence-corrected chi connectivity index (χ3v) is 6.06. The lowest BCUT2D eigenvalue weighted by molar-refractivity contribution is 0.102. The number of aromatic nitrogens is 1. The molecule has 0 saturated heterocycles. The number of carbonyl (C=O) groups is 1. The molecule has 0 atom stereocenters. The summed E-state index contributed by atoms with van der Waals surface area (Å²) in [6.07, 6.45) is 2.78. The number of rotatable bonds is 5. The van der Waals surface area contributed by atoms with Gasteiger partial charge in [0, 0.05) is 24.7 Å². The van der Waals surface area contributed by atoms with Crippen LogP contribution in [0.5, 0.6) is 0 Å². The lowest BCUT2D eigenvalue weighted by Crippen LogP contribution is -2.25. The van der Waals surface area contributed by atoms with Gasteiger partial charge in [-0.05, 0) is 42.7 Å². The van der Waals surface area contributed by atoms with Crippen LogP contribution in [0.3, 0.4) is 0 Å². The maximum Gasteiger partial charge on any atom is 0.258 e. The number of aryl methyl sites for hydroxylation is 1. The van der Waals surface area contributed by atoms with E-state index >= 15 is 0 Å². The number of pyridine rings is 1. The first-order chi connectivity index (χ1) is 14.5. The van der Waals surface area contributed by atoms with Gasteiger partial charge in [0.15, 0.2) is 0 Å². The average Bonchev–Trinajstić information content (AvgIpc) is 3.13. The Labute approximate surface area is 185 Å². The minimum Gasteiger partial charge on any atom is -0.354 e. The number of para-hydroxylation sites is 1. The normalized spacial score (nSPS) is 13.6. The van der Waals surface area contributed by atoms with Gasteiger partial charge in [-0.3, -0.25) is 14.8 Å². The molecule has 4 rings (SSSR count). The van der Waals surface area contributed by atoms with Crippen LogP contribution in [0, 0.1) is 0 Å². The Morgan fingerprint density at radius 3 is 2.57 bits per heavy atom. The van der Waals surface area contributed by atoms with Crippen LogP contribution >= 0.6 is 23.2 Å². The fourth-order valence-corrected chi connectivity index (χ4v) is 4.36. The van der Waals surface area contributed by atoms with Crippen molar-refractivity contribution in [2.45, 2.75) is 26.8 Å². The molecule has 0 unspecified atom stereocenters. The average molecular weight is 441 g/mol. The van der Waals surface area contributed by atoms with Gasteiger partial charge in [0.1, 0.15) is 0 Å². The highest BCUT2D eigenvalue weighted by Gasteiger charge is 2.19. The van der Waals surface area contributed by atoms with Gasteiger partial charge in [-0.2, -0.15) is 0 Å². The molecule has 1 aliphatic rings. The molecule has 1 amide bonds. The highest BCUT2D eigenvalue weighted by molar-refractivity contribution is 6.40. The Morgan fingerprint density at radius 1 is 1.17 bits per heavy atom. The summed E-state index contributed by atoms with van der Waals surface area (Å²) in [6.45, 7) is 6.69. The molecule has 0 saturated carbocycles. The van der Waals surface area contributed by atoms with Crippen molar-refractivity contribution in [3.05, 3.63) is 69.3 Å². The summed E-state index contributed by atoms with van der Waals surface area (Å²) in [5, 5.41) is 4.59. The Balaban J connectivity index is 1.74. The number of fused-ring (bicyclic) bond motifs is 1. The lowest BCUT2D eigenvalue weighted by Gasteiger charge is -2.22. The number of nitrogens with zero attached hydrogens (tertiary/aromatic N) is 3. The second-order valence-electron chi connectivity index (χ2n) is 7.22. The van der Waals surface area contributed by atoms with Crippen LogP contribution in [-0.4, -0.2) is 34.7 Å². The second-order valence-corrected chi connectivity index (χ2v) is 8.03. The van der Waals surface area contributed by atoms with Gasteiger partial charge in [-0.25, -0.2) is 0 Å². The summed E-state index contributed by atoms with van der Waals surface area (Å²) in [5.41, 5.74) is 4.04. The van der Waals surface area contributed by atoms with Gasteiger partial charge < -0.3 is 10.2 Å². The standard InChI is InChI=1S/C23H22Cl2N4O/c1-3-15-12-27-22-16(17(15)13-29-11-10-26-14(29)2)6-4-9-20(22)28-23(30)21-18(24)7-5-8-19(21)25/h4-9,12H,3,10-11,13H2,1-2H3,(H,28,30). The highest BCUT2D eigenvalue weighted by atomic mass is 35.5. The number of anilines is 1. The molecule has 3 aromatic rings. The molecule has 0 radical (unpaired) electrons. The predicted octanol–water partition coefficient (Wildman–Crippen LogP) is 5.59. The van der Waals surface area contributed by atoms with Crippen LogP contribution in [0.15, 0.2) is 47.6 Å². The van der Waals surface area contributed by atoms with E-state index in [0.717, 1.165) is 42.8 Å². The summed E-state index contributed by atoms with van der Waals surface area (Å²) in [7, 11) is 0. The summed E-state index contributed by atoms with van der Waals surface area (Å²) in [4.78, 5) is 24.3. The minimum absolute atomic E-state index is 0.257. The first kappa shape index (κ1) is 20.6. The predicted molar refractivity (Wildman–Crippen MR) is 124 cm³/mol. The van der Waals surface area contributed by atoms with E-state index in [9.17, 15) is 4.79 Å². The molecule has 0 aliphatic carbocycles. The van der Waals surface area contributed by atoms with Gasteiger partial charge in [-0.1, -0.05) is 48.3 Å². The summed E-state index contributed by atoms with van der Waals surface area (Å²) < 4.78 is 0. The number of hydrogen-bond acceptors (Lipinski definition) is 4. The first-order valence-electron chi connectivity index (χ1n) is 9.90. The van der Waals surface area contributed by atoms with E-state index in [1.807, 2.05) is 25.3 Å². The van der Waals surface area contributed by atoms with Crippen molar-refractivity contribution in [3.63, 3.8) is 0 Å². The number of amidine groups is 1. The number of nitrogens with one attached hydrogen (secondary N) is 1. The molecule has 0 fully saturated rings. The first-order valence-corrected chi connectivity index (χ1v) is 10.7. The molecule has 1 N–H and O–H groups in total. The number of halogens is 2. The summed E-state index contributed by atoms with van der Waals surface area (Å²) >= 11 is 12.4. The molecule has 5 nitrogen and oxygen atoms in total. The fraction of sp³-hybridized carbons (Fsp3) is 0.261. The Hall–Kier alpha value is -2.63. The number of amides is 1. The van der Waals surface area contributed by atoms with Crippen LogP contribution in [0.4, 0.5) is 5.69 Å². The molecular weight excluding hydrogens is 419 g/mol. The smallest absolute Gasteiger partial charge is 0.258 e. The van der Waals surface area contributed by atoms with Gasteiger partial charge in [-0.15, -0.1) is 0 Å². The summed E-state index contributed by atoms with van der Waals surface area (Å²) in [5.74, 6) is 0.698. The molecule has 0 bridgehead atoms. The SMILES string of the molecule is CCc1cnc2c(NC(=O)c3c(Cl)cccc3Cl)cccc2c1CN1CCN=C1C. The molecule has 0 spiro atoms. The van der Waals surface area contributed by atoms with Crippen molar-refractivity contribution in [2.75, 3.05) is 18.4 Å². The zero-order valence-corrected chi connectivity index (χ0v) is 18.4. The van der Waals surface area contributed by atoms with Crippen LogP contribution in [0.1, 0.15) is 35.3 Å². The maximum atomic E-state index is 12.9. The van der Waals surface area contributed by atoms with E-state index in [4.69, 9.17) is 23.2 Å². The Kier molecular flexibility index (Phi) is 5.93. The van der Waals surface area contributed by atoms with E-state index in [2.05, 4.69) is 33.2 Å². The quantitative estimate of drug-likeness (QED) is 0.562. The van der Waals surface area contributed by atoms with E-state index in [1.165, 1.54) is 11.1 Å². The van der Waals surface area contributed by atoms with Crippen molar-refractivity contribution in [3.8, 4) is 0 Å². The molecular formula is C23H22Cl2N4O. The zero-order chi connectivity index (χ0) is 21.3. The van der Waals surface area contributed by atoms with Crippen LogP contribution in [-0.2, 0) is 13.0 Å². The number of aliphatic imine (C=N–C) groups is 1. The monoisotopic (exact) mass is 440 g/mol. The maximum absolute atomic E-state index is 12.9. The van der Waals surface area contributed by atoms with Crippen molar-refractivity contribution < 1.29 is 4.79 Å². The van der Waals surface area contributed by atoms with Gasteiger partial charge >= 0.3 is 0 Å². The highest BCUT2D eigenvalue weighted by Crippen LogP contribution is 2.30. The minimum atomic E-state index is -0.358. The number of carbonyl (C=O) groups excluding carboxylic acids is 1. The second kappa shape index (κ2) is 8.62. The molecule has 7 heteroatoms. The van der Waals surface area contributed by atoms with E-state index in [0.29, 0.717) is 15.7 Å². The molecule has 1 aromatic heterocycles. The molecule has 2 heterocycles. The molecule has 154 valence electrons. The Bertz CT molecular complexity index is 1140. The number of benzene rings is 2. The van der Waals surface area contributed by atoms with E-state index in [1.54, 1.807) is 18.2 Å². The third kappa shape index (κ3) is 3.87. The van der Waals surface area contributed by atoms with Crippen molar-refractivity contribution in [2.24, 2.45) is 4.99 Å². The van der Waals surface area contributed by atoms with E-state index in [-0.39, 0.29) is 11.5 Å². The Morgan fingerprint density at radius 2 is 1.90 bits per heavy atom. The van der Waals surface area contributed by atoms with Crippen molar-refractivity contribution in [1.82, 2.24) is 9.88 Å². The largest absolute Gasteiger partial charge is 0.354 e. The topological polar surface area (TPSA) is 57.6 Å². The molecule has 1 aliphatic heterocycles. The lowest BCUT2D eigenvalue weighted by atomic mass is 10.0. The fourth-order valence-electron chi connectivity index (χ4n) is 3.79. The van der Waals surface area contributed by atoms with Gasteiger partial charge in [0.05, 0.1) is 39.2 Å². The van der Waals surface area contributed by atoms with Crippen molar-refractivity contribution >= 4 is 51.5 Å². The molecule has 2 aromatic carbocycles. The summed E-state index contributed by atoms with van der Waals surface area (Å²) in [6, 6.07) is 10.8. The third-order valence-electron chi connectivity index (χ3n) is 5.43. The van der Waals surface area contributed by atoms with E-state index < -0.39 is 0 Å². The molecule has 30 heavy (non-hydrogen) atoms. The van der Waals surface area contributed by atoms with Gasteiger partial charge in [0.25, 0.3) is 5.91 Å². The zero-order valence-electron chi connectivity index (χ0n) is 16.9. The van der Waals surface area contributed by atoms with Gasteiger partial charge in [0.2, 0.25) is 0 Å².